The molecule has 0 heterocycles. The van der Waals surface area contributed by atoms with Crippen LogP contribution < -0.4 is 0 Å². The fraction of sp³-hybridized carbons (Fsp3) is 0.538. The van der Waals surface area contributed by atoms with E-state index in [1.807, 2.05) is 0 Å². The molecule has 0 spiro atoms. The highest BCUT2D eigenvalue weighted by atomic mass is 79.9. The van der Waals surface area contributed by atoms with Crippen LogP contribution in [0.4, 0.5) is 0 Å². The molecule has 1 atom stereocenters. The van der Waals surface area contributed by atoms with Gasteiger partial charge in [-0.15, -0.1) is 0 Å². The first-order chi connectivity index (χ1) is 6.75. The lowest BCUT2D eigenvalue weighted by Gasteiger charge is -2.11. The Morgan fingerprint density at radius 2 is 2.00 bits per heavy atom. The van der Waals surface area contributed by atoms with Crippen LogP contribution in [-0.4, -0.2) is 0 Å². The molecule has 1 heteroatoms. The summed E-state index contributed by atoms with van der Waals surface area (Å²) in [5.41, 5.74) is 4.78. The van der Waals surface area contributed by atoms with Crippen molar-refractivity contribution in [3.63, 3.8) is 0 Å². The fourth-order valence-electron chi connectivity index (χ4n) is 2.91. The first kappa shape index (κ1) is 8.96. The van der Waals surface area contributed by atoms with Crippen LogP contribution in [0.2, 0.25) is 0 Å². The summed E-state index contributed by atoms with van der Waals surface area (Å²) in [4.78, 5) is 0. The van der Waals surface area contributed by atoms with Crippen molar-refractivity contribution in [1.29, 1.82) is 0 Å². The minimum absolute atomic E-state index is 0.890. The van der Waals surface area contributed by atoms with Crippen molar-refractivity contribution in [2.75, 3.05) is 0 Å². The van der Waals surface area contributed by atoms with Crippen molar-refractivity contribution < 1.29 is 0 Å². The van der Waals surface area contributed by atoms with Crippen LogP contribution in [-0.2, 0) is 6.42 Å². The number of fused-ring (bicyclic) bond motifs is 1. The van der Waals surface area contributed by atoms with E-state index >= 15 is 0 Å². The van der Waals surface area contributed by atoms with Gasteiger partial charge in [0.05, 0.1) is 0 Å². The van der Waals surface area contributed by atoms with Crippen molar-refractivity contribution in [2.45, 2.75) is 38.5 Å². The Morgan fingerprint density at radius 3 is 2.71 bits per heavy atom. The van der Waals surface area contributed by atoms with Gasteiger partial charge in [-0.25, -0.2) is 0 Å². The number of hydrogen-bond acceptors (Lipinski definition) is 0. The van der Waals surface area contributed by atoms with Crippen LogP contribution in [0.25, 0.3) is 0 Å². The van der Waals surface area contributed by atoms with E-state index in [4.69, 9.17) is 0 Å². The molecule has 1 fully saturated rings. The van der Waals surface area contributed by atoms with E-state index in [0.29, 0.717) is 0 Å². The molecule has 0 amide bonds. The van der Waals surface area contributed by atoms with Crippen molar-refractivity contribution in [1.82, 2.24) is 0 Å². The number of rotatable bonds is 1. The molecule has 3 rings (SSSR count). The molecule has 74 valence electrons. The summed E-state index contributed by atoms with van der Waals surface area (Å²) < 4.78 is 1.27. The van der Waals surface area contributed by atoms with E-state index in [9.17, 15) is 0 Å². The molecule has 1 aromatic carbocycles. The lowest BCUT2D eigenvalue weighted by molar-refractivity contribution is 0.600. The van der Waals surface area contributed by atoms with Gasteiger partial charge in [-0.1, -0.05) is 15.9 Å². The summed E-state index contributed by atoms with van der Waals surface area (Å²) in [5.74, 6) is 1.91. The van der Waals surface area contributed by atoms with Gasteiger partial charge in [0.1, 0.15) is 0 Å². The zero-order valence-electron chi connectivity index (χ0n) is 8.52. The summed E-state index contributed by atoms with van der Waals surface area (Å²) in [6.45, 7) is 2.25. The number of hydrogen-bond donors (Lipinski definition) is 0. The molecule has 0 aromatic heterocycles. The van der Waals surface area contributed by atoms with Gasteiger partial charge in [-0.3, -0.25) is 0 Å². The van der Waals surface area contributed by atoms with Crippen LogP contribution in [0.1, 0.15) is 41.9 Å². The average molecular weight is 251 g/mol. The molecular formula is C13H15Br. The van der Waals surface area contributed by atoms with Crippen LogP contribution in [0.3, 0.4) is 0 Å². The van der Waals surface area contributed by atoms with Crippen LogP contribution in [0.5, 0.6) is 0 Å². The maximum Gasteiger partial charge on any atom is 0.0180 e. The molecule has 1 unspecified atom stereocenters. The lowest BCUT2D eigenvalue weighted by Crippen LogP contribution is -1.96. The Kier molecular flexibility index (Phi) is 1.98. The molecule has 2 aliphatic carbocycles. The predicted molar refractivity (Wildman–Crippen MR) is 62.7 cm³/mol. The van der Waals surface area contributed by atoms with Crippen molar-refractivity contribution >= 4 is 15.9 Å². The standard InChI is InChI=1S/C13H15Br/c1-8-6-10(14)7-13-11(8)4-5-12(13)9-2-3-9/h6-7,9,12H,2-5H2,1H3. The maximum atomic E-state index is 3.61. The minimum atomic E-state index is 0.890. The molecule has 14 heavy (non-hydrogen) atoms. The van der Waals surface area contributed by atoms with Crippen molar-refractivity contribution in [2.24, 2.45) is 5.92 Å². The van der Waals surface area contributed by atoms with Gasteiger partial charge >= 0.3 is 0 Å². The van der Waals surface area contributed by atoms with Gasteiger partial charge in [0, 0.05) is 4.47 Å². The van der Waals surface area contributed by atoms with E-state index in [2.05, 4.69) is 35.0 Å². The van der Waals surface area contributed by atoms with Crippen LogP contribution in [0.15, 0.2) is 16.6 Å². The Balaban J connectivity index is 2.08. The first-order valence-electron chi connectivity index (χ1n) is 5.54. The summed E-state index contributed by atoms with van der Waals surface area (Å²) in [5, 5.41) is 0. The maximum absolute atomic E-state index is 3.61. The SMILES string of the molecule is Cc1cc(Br)cc2c1CCC2C1CC1. The van der Waals surface area contributed by atoms with E-state index in [1.165, 1.54) is 35.7 Å². The Hall–Kier alpha value is -0.300. The number of aryl methyl sites for hydroxylation is 1. The Bertz CT molecular complexity index is 377. The molecule has 0 N–H and O–H groups in total. The summed E-state index contributed by atoms with van der Waals surface area (Å²) in [6.07, 6.45) is 5.65. The monoisotopic (exact) mass is 250 g/mol. The molecule has 1 saturated carbocycles. The smallest absolute Gasteiger partial charge is 0.0180 e. The van der Waals surface area contributed by atoms with Crippen LogP contribution >= 0.6 is 15.9 Å². The largest absolute Gasteiger partial charge is 0.0508 e. The number of benzene rings is 1. The quantitative estimate of drug-likeness (QED) is 0.701. The zero-order chi connectivity index (χ0) is 9.71. The summed E-state index contributed by atoms with van der Waals surface area (Å²) in [6, 6.07) is 4.62. The molecule has 0 radical (unpaired) electrons. The molecule has 0 aliphatic heterocycles. The average Bonchev–Trinajstić information content (AvgIpc) is 2.87. The second-order valence-corrected chi connectivity index (χ2v) is 5.69. The van der Waals surface area contributed by atoms with E-state index < -0.39 is 0 Å². The topological polar surface area (TPSA) is 0 Å². The highest BCUT2D eigenvalue weighted by Gasteiger charge is 2.36. The fourth-order valence-corrected chi connectivity index (χ4v) is 3.50. The molecule has 2 aliphatic rings. The Morgan fingerprint density at radius 1 is 1.21 bits per heavy atom. The van der Waals surface area contributed by atoms with Crippen molar-refractivity contribution in [3.8, 4) is 0 Å². The zero-order valence-corrected chi connectivity index (χ0v) is 10.1. The van der Waals surface area contributed by atoms with E-state index in [0.717, 1.165) is 11.8 Å². The molecule has 0 bridgehead atoms. The van der Waals surface area contributed by atoms with Gasteiger partial charge in [-0.2, -0.15) is 0 Å². The van der Waals surface area contributed by atoms with E-state index in [1.54, 1.807) is 11.1 Å². The van der Waals surface area contributed by atoms with Gasteiger partial charge in [0.25, 0.3) is 0 Å². The normalized spacial score (nSPS) is 25.1. The highest BCUT2D eigenvalue weighted by Crippen LogP contribution is 2.50. The Labute approximate surface area is 93.8 Å². The summed E-state index contributed by atoms with van der Waals surface area (Å²) >= 11 is 3.61. The lowest BCUT2D eigenvalue weighted by atomic mass is 9.95. The molecule has 1 aromatic rings. The van der Waals surface area contributed by atoms with Gasteiger partial charge in [0.2, 0.25) is 0 Å². The summed E-state index contributed by atoms with van der Waals surface area (Å²) in [7, 11) is 0. The number of halogens is 1. The minimum Gasteiger partial charge on any atom is -0.0508 e. The third-order valence-corrected chi connectivity index (χ3v) is 4.23. The van der Waals surface area contributed by atoms with Crippen molar-refractivity contribution in [3.05, 3.63) is 33.3 Å². The van der Waals surface area contributed by atoms with Gasteiger partial charge < -0.3 is 0 Å². The van der Waals surface area contributed by atoms with Crippen LogP contribution in [0, 0.1) is 12.8 Å². The first-order valence-corrected chi connectivity index (χ1v) is 6.34. The third kappa shape index (κ3) is 1.33. The second-order valence-electron chi connectivity index (χ2n) is 4.77. The van der Waals surface area contributed by atoms with Gasteiger partial charge in [0.15, 0.2) is 0 Å². The third-order valence-electron chi connectivity index (χ3n) is 3.77. The second kappa shape index (κ2) is 3.10. The molecule has 0 saturated heterocycles. The highest BCUT2D eigenvalue weighted by molar-refractivity contribution is 9.10. The predicted octanol–water partition coefficient (Wildman–Crippen LogP) is 4.20. The van der Waals surface area contributed by atoms with E-state index in [-0.39, 0.29) is 0 Å². The molecular weight excluding hydrogens is 236 g/mol. The van der Waals surface area contributed by atoms with Gasteiger partial charge in [-0.05, 0) is 73.3 Å². The molecule has 0 nitrogen and oxygen atoms in total.